The van der Waals surface area contributed by atoms with Crippen molar-refractivity contribution in [3.8, 4) is 0 Å². The van der Waals surface area contributed by atoms with Gasteiger partial charge in [0.2, 0.25) is 0 Å². The lowest BCUT2D eigenvalue weighted by Crippen LogP contribution is -2.05. The summed E-state index contributed by atoms with van der Waals surface area (Å²) in [6, 6.07) is 12.6. The fourth-order valence-electron chi connectivity index (χ4n) is 2.54. The fraction of sp³-hybridized carbons (Fsp3) is 0.333. The normalized spacial score (nSPS) is 12.5. The smallest absolute Gasteiger partial charge is 0.0833 e. The summed E-state index contributed by atoms with van der Waals surface area (Å²) in [5.74, 6) is 0. The quantitative estimate of drug-likeness (QED) is 0.870. The number of aliphatic hydroxyl groups excluding tert-OH is 1. The van der Waals surface area contributed by atoms with Gasteiger partial charge in [-0.1, -0.05) is 47.5 Å². The third kappa shape index (κ3) is 3.24. The van der Waals surface area contributed by atoms with Crippen LogP contribution in [0.5, 0.6) is 0 Å². The van der Waals surface area contributed by atoms with Crippen LogP contribution in [0.15, 0.2) is 36.4 Å². The standard InChI is InChI=1S/C18H22O/c1-12-6-8-17(15(4)9-12)18(19)11-16-10-13(2)5-7-14(16)3/h5-10,18-19H,11H2,1-4H3. The molecular formula is C18H22O. The molecule has 0 bridgehead atoms. The fourth-order valence-corrected chi connectivity index (χ4v) is 2.54. The largest absolute Gasteiger partial charge is 0.388 e. The molecule has 0 radical (unpaired) electrons. The van der Waals surface area contributed by atoms with Gasteiger partial charge in [0.25, 0.3) is 0 Å². The van der Waals surface area contributed by atoms with Gasteiger partial charge >= 0.3 is 0 Å². The zero-order valence-electron chi connectivity index (χ0n) is 12.2. The molecule has 0 aromatic heterocycles. The van der Waals surface area contributed by atoms with E-state index < -0.39 is 6.10 Å². The van der Waals surface area contributed by atoms with Crippen molar-refractivity contribution in [2.75, 3.05) is 0 Å². The SMILES string of the molecule is Cc1ccc(C(O)Cc2cc(C)ccc2C)c(C)c1. The van der Waals surface area contributed by atoms with Crippen molar-refractivity contribution in [2.24, 2.45) is 0 Å². The molecule has 1 unspecified atom stereocenters. The first-order chi connectivity index (χ1) is 8.97. The molecule has 0 aliphatic heterocycles. The maximum absolute atomic E-state index is 10.5. The van der Waals surface area contributed by atoms with E-state index in [1.165, 1.54) is 22.3 Å². The van der Waals surface area contributed by atoms with Crippen LogP contribution in [0, 0.1) is 27.7 Å². The van der Waals surface area contributed by atoms with Crippen molar-refractivity contribution in [1.29, 1.82) is 0 Å². The van der Waals surface area contributed by atoms with Crippen LogP contribution in [0.1, 0.15) is 39.5 Å². The summed E-state index contributed by atoms with van der Waals surface area (Å²) in [6.45, 7) is 8.33. The van der Waals surface area contributed by atoms with Gasteiger partial charge < -0.3 is 5.11 Å². The number of aryl methyl sites for hydroxylation is 4. The zero-order chi connectivity index (χ0) is 14.0. The van der Waals surface area contributed by atoms with Gasteiger partial charge in [0.1, 0.15) is 0 Å². The monoisotopic (exact) mass is 254 g/mol. The minimum atomic E-state index is -0.430. The molecule has 0 aliphatic rings. The molecule has 0 heterocycles. The second kappa shape index (κ2) is 5.58. The Morgan fingerprint density at radius 3 is 2.16 bits per heavy atom. The summed E-state index contributed by atoms with van der Waals surface area (Å²) in [7, 11) is 0. The van der Waals surface area contributed by atoms with Gasteiger partial charge in [-0.25, -0.2) is 0 Å². The first-order valence-electron chi connectivity index (χ1n) is 6.78. The molecule has 0 saturated carbocycles. The number of hydrogen-bond acceptors (Lipinski definition) is 1. The zero-order valence-corrected chi connectivity index (χ0v) is 12.2. The van der Waals surface area contributed by atoms with E-state index in [4.69, 9.17) is 0 Å². The molecule has 0 spiro atoms. The summed E-state index contributed by atoms with van der Waals surface area (Å²) in [5, 5.41) is 10.5. The summed E-state index contributed by atoms with van der Waals surface area (Å²) >= 11 is 0. The molecule has 0 fully saturated rings. The molecule has 2 aromatic rings. The van der Waals surface area contributed by atoms with E-state index >= 15 is 0 Å². The molecule has 0 aliphatic carbocycles. The van der Waals surface area contributed by atoms with Gasteiger partial charge in [0, 0.05) is 6.42 Å². The third-order valence-electron chi connectivity index (χ3n) is 3.70. The number of hydrogen-bond donors (Lipinski definition) is 1. The topological polar surface area (TPSA) is 20.2 Å². The lowest BCUT2D eigenvalue weighted by Gasteiger charge is -2.16. The third-order valence-corrected chi connectivity index (χ3v) is 3.70. The molecule has 100 valence electrons. The molecule has 2 aromatic carbocycles. The van der Waals surface area contributed by atoms with Gasteiger partial charge in [0.15, 0.2) is 0 Å². The predicted molar refractivity (Wildman–Crippen MR) is 80.5 cm³/mol. The summed E-state index contributed by atoms with van der Waals surface area (Å²) in [6.07, 6.45) is 0.248. The Balaban J connectivity index is 2.25. The molecule has 1 N–H and O–H groups in total. The van der Waals surface area contributed by atoms with Crippen LogP contribution in [0.2, 0.25) is 0 Å². The van der Waals surface area contributed by atoms with Crippen LogP contribution in [0.3, 0.4) is 0 Å². The number of benzene rings is 2. The van der Waals surface area contributed by atoms with E-state index in [1.54, 1.807) is 0 Å². The van der Waals surface area contributed by atoms with Crippen LogP contribution in [-0.4, -0.2) is 5.11 Å². The lowest BCUT2D eigenvalue weighted by atomic mass is 9.94. The van der Waals surface area contributed by atoms with Crippen molar-refractivity contribution in [3.05, 3.63) is 69.8 Å². The first-order valence-corrected chi connectivity index (χ1v) is 6.78. The highest BCUT2D eigenvalue weighted by Crippen LogP contribution is 2.24. The van der Waals surface area contributed by atoms with E-state index in [1.807, 2.05) is 6.07 Å². The van der Waals surface area contributed by atoms with Gasteiger partial charge in [-0.3, -0.25) is 0 Å². The Morgan fingerprint density at radius 2 is 1.47 bits per heavy atom. The maximum atomic E-state index is 10.5. The highest BCUT2D eigenvalue weighted by Gasteiger charge is 2.12. The summed E-state index contributed by atoms with van der Waals surface area (Å²) < 4.78 is 0. The van der Waals surface area contributed by atoms with E-state index in [0.29, 0.717) is 6.42 Å². The van der Waals surface area contributed by atoms with E-state index in [0.717, 1.165) is 11.1 Å². The molecule has 1 heteroatoms. The minimum absolute atomic E-state index is 0.430. The van der Waals surface area contributed by atoms with E-state index in [-0.39, 0.29) is 0 Å². The average Bonchev–Trinajstić information content (AvgIpc) is 2.33. The van der Waals surface area contributed by atoms with Gasteiger partial charge in [-0.2, -0.15) is 0 Å². The van der Waals surface area contributed by atoms with Crippen molar-refractivity contribution >= 4 is 0 Å². The second-order valence-corrected chi connectivity index (χ2v) is 5.51. The van der Waals surface area contributed by atoms with Crippen LogP contribution < -0.4 is 0 Å². The summed E-state index contributed by atoms with van der Waals surface area (Å²) in [4.78, 5) is 0. The molecule has 19 heavy (non-hydrogen) atoms. The highest BCUT2D eigenvalue weighted by atomic mass is 16.3. The van der Waals surface area contributed by atoms with Crippen molar-refractivity contribution in [3.63, 3.8) is 0 Å². The van der Waals surface area contributed by atoms with Gasteiger partial charge in [0.05, 0.1) is 6.10 Å². The van der Waals surface area contributed by atoms with E-state index in [2.05, 4.69) is 58.0 Å². The molecular weight excluding hydrogens is 232 g/mol. The van der Waals surface area contributed by atoms with Crippen molar-refractivity contribution in [2.45, 2.75) is 40.2 Å². The van der Waals surface area contributed by atoms with E-state index in [9.17, 15) is 5.11 Å². The Hall–Kier alpha value is -1.60. The first kappa shape index (κ1) is 13.8. The maximum Gasteiger partial charge on any atom is 0.0833 e. The Kier molecular flexibility index (Phi) is 4.06. The Morgan fingerprint density at radius 1 is 0.842 bits per heavy atom. The van der Waals surface area contributed by atoms with Crippen LogP contribution in [0.4, 0.5) is 0 Å². The molecule has 1 atom stereocenters. The van der Waals surface area contributed by atoms with Gasteiger partial charge in [-0.15, -0.1) is 0 Å². The number of aliphatic hydroxyl groups is 1. The van der Waals surface area contributed by atoms with Crippen molar-refractivity contribution < 1.29 is 5.11 Å². The van der Waals surface area contributed by atoms with Gasteiger partial charge in [-0.05, 0) is 49.9 Å². The van der Waals surface area contributed by atoms with Crippen LogP contribution >= 0.6 is 0 Å². The number of rotatable bonds is 3. The van der Waals surface area contributed by atoms with Crippen LogP contribution in [-0.2, 0) is 6.42 Å². The second-order valence-electron chi connectivity index (χ2n) is 5.51. The summed E-state index contributed by atoms with van der Waals surface area (Å²) in [5.41, 5.74) is 7.15. The Labute approximate surface area is 115 Å². The van der Waals surface area contributed by atoms with Crippen molar-refractivity contribution in [1.82, 2.24) is 0 Å². The molecule has 0 saturated heterocycles. The molecule has 1 nitrogen and oxygen atoms in total. The Bertz CT molecular complexity index is 584. The lowest BCUT2D eigenvalue weighted by molar-refractivity contribution is 0.177. The highest BCUT2D eigenvalue weighted by molar-refractivity contribution is 5.35. The predicted octanol–water partition coefficient (Wildman–Crippen LogP) is 4.20. The van der Waals surface area contributed by atoms with Crippen LogP contribution in [0.25, 0.3) is 0 Å². The molecule has 2 rings (SSSR count). The minimum Gasteiger partial charge on any atom is -0.388 e. The average molecular weight is 254 g/mol. The molecule has 0 amide bonds.